The average molecular weight is 293 g/mol. The van der Waals surface area contributed by atoms with Crippen molar-refractivity contribution < 1.29 is 22.3 Å². The molecule has 0 radical (unpaired) electrons. The molecule has 0 amide bonds. The molecule has 0 aliphatic rings. The van der Waals surface area contributed by atoms with Crippen LogP contribution in [0.2, 0.25) is 0 Å². The molecule has 1 aromatic carbocycles. The van der Waals surface area contributed by atoms with Gasteiger partial charge in [0.25, 0.3) is 0 Å². The molecule has 114 valence electrons. The highest BCUT2D eigenvalue weighted by molar-refractivity contribution is 5.31. The number of nitrogens with one attached hydrogen (secondary N) is 1. The highest BCUT2D eigenvalue weighted by Gasteiger charge is 2.27. The zero-order valence-corrected chi connectivity index (χ0v) is 11.6. The summed E-state index contributed by atoms with van der Waals surface area (Å²) in [5, 5.41) is 3.08. The molecular formula is C14H19F4NO. The summed E-state index contributed by atoms with van der Waals surface area (Å²) in [6.07, 6.45) is -4.66. The van der Waals surface area contributed by atoms with Gasteiger partial charge < -0.3 is 10.1 Å². The number of halogens is 4. The van der Waals surface area contributed by atoms with Crippen LogP contribution in [0.15, 0.2) is 18.2 Å². The molecule has 1 N–H and O–H groups in total. The Morgan fingerprint density at radius 1 is 1.30 bits per heavy atom. The summed E-state index contributed by atoms with van der Waals surface area (Å²) in [5.41, 5.74) is 0.632. The maximum Gasteiger partial charge on any atom is 0.389 e. The van der Waals surface area contributed by atoms with Gasteiger partial charge in [-0.15, -0.1) is 0 Å². The van der Waals surface area contributed by atoms with Gasteiger partial charge in [-0.3, -0.25) is 0 Å². The van der Waals surface area contributed by atoms with E-state index in [2.05, 4.69) is 5.32 Å². The van der Waals surface area contributed by atoms with E-state index in [4.69, 9.17) is 4.74 Å². The normalized spacial score (nSPS) is 13.3. The van der Waals surface area contributed by atoms with E-state index >= 15 is 0 Å². The van der Waals surface area contributed by atoms with Gasteiger partial charge in [0.2, 0.25) is 0 Å². The van der Waals surface area contributed by atoms with Crippen LogP contribution in [-0.2, 0) is 0 Å². The van der Waals surface area contributed by atoms with Gasteiger partial charge in [-0.05, 0) is 37.1 Å². The average Bonchev–Trinajstić information content (AvgIpc) is 2.36. The minimum absolute atomic E-state index is 0.00874. The van der Waals surface area contributed by atoms with Gasteiger partial charge in [0, 0.05) is 12.5 Å². The van der Waals surface area contributed by atoms with Crippen LogP contribution < -0.4 is 10.1 Å². The lowest BCUT2D eigenvalue weighted by atomic mass is 10.0. The van der Waals surface area contributed by atoms with E-state index in [1.807, 2.05) is 6.92 Å². The number of hydrogen-bond acceptors (Lipinski definition) is 2. The van der Waals surface area contributed by atoms with Gasteiger partial charge in [-0.2, -0.15) is 13.2 Å². The van der Waals surface area contributed by atoms with Crippen LogP contribution >= 0.6 is 0 Å². The Kier molecular flexibility index (Phi) is 6.26. The zero-order valence-electron chi connectivity index (χ0n) is 11.6. The molecular weight excluding hydrogens is 274 g/mol. The Hall–Kier alpha value is -1.30. The largest absolute Gasteiger partial charge is 0.494 e. The SMILES string of the molecule is CCNC(CCCC(F)(F)F)c1ccc(OC)c(F)c1. The van der Waals surface area contributed by atoms with Crippen molar-refractivity contribution in [1.29, 1.82) is 0 Å². The fraction of sp³-hybridized carbons (Fsp3) is 0.571. The van der Waals surface area contributed by atoms with E-state index in [0.29, 0.717) is 18.5 Å². The predicted molar refractivity (Wildman–Crippen MR) is 69.3 cm³/mol. The van der Waals surface area contributed by atoms with Crippen molar-refractivity contribution in [3.8, 4) is 5.75 Å². The first-order valence-electron chi connectivity index (χ1n) is 6.51. The summed E-state index contributed by atoms with van der Waals surface area (Å²) in [6.45, 7) is 2.46. The third-order valence-electron chi connectivity index (χ3n) is 2.98. The first-order chi connectivity index (χ1) is 9.37. The van der Waals surface area contributed by atoms with E-state index in [-0.39, 0.29) is 18.2 Å². The van der Waals surface area contributed by atoms with Gasteiger partial charge in [0.1, 0.15) is 0 Å². The second kappa shape index (κ2) is 7.47. The van der Waals surface area contributed by atoms with E-state index in [9.17, 15) is 17.6 Å². The highest BCUT2D eigenvalue weighted by Crippen LogP contribution is 2.28. The third-order valence-corrected chi connectivity index (χ3v) is 2.98. The van der Waals surface area contributed by atoms with Crippen LogP contribution in [0, 0.1) is 5.82 Å². The summed E-state index contributed by atoms with van der Waals surface area (Å²) in [7, 11) is 1.36. The summed E-state index contributed by atoms with van der Waals surface area (Å²) >= 11 is 0. The van der Waals surface area contributed by atoms with Crippen molar-refractivity contribution in [3.05, 3.63) is 29.6 Å². The van der Waals surface area contributed by atoms with Crippen LogP contribution in [0.25, 0.3) is 0 Å². The molecule has 0 aliphatic heterocycles. The summed E-state index contributed by atoms with van der Waals surface area (Å²) in [4.78, 5) is 0. The van der Waals surface area contributed by atoms with E-state index < -0.39 is 18.4 Å². The number of rotatable bonds is 7. The van der Waals surface area contributed by atoms with Crippen molar-refractivity contribution in [2.24, 2.45) is 0 Å². The maximum atomic E-state index is 13.6. The minimum atomic E-state index is -4.15. The second-order valence-electron chi connectivity index (χ2n) is 4.51. The van der Waals surface area contributed by atoms with Crippen molar-refractivity contribution in [2.75, 3.05) is 13.7 Å². The number of alkyl halides is 3. The lowest BCUT2D eigenvalue weighted by Gasteiger charge is -2.19. The first-order valence-corrected chi connectivity index (χ1v) is 6.51. The number of hydrogen-bond donors (Lipinski definition) is 1. The molecule has 0 saturated carbocycles. The van der Waals surface area contributed by atoms with Crippen molar-refractivity contribution in [3.63, 3.8) is 0 Å². The van der Waals surface area contributed by atoms with Crippen LogP contribution in [0.3, 0.4) is 0 Å². The Labute approximate surface area is 116 Å². The topological polar surface area (TPSA) is 21.3 Å². The molecule has 1 atom stereocenters. The second-order valence-corrected chi connectivity index (χ2v) is 4.51. The van der Waals surface area contributed by atoms with Gasteiger partial charge >= 0.3 is 6.18 Å². The summed E-state index contributed by atoms with van der Waals surface area (Å²) in [5.74, 6) is -0.386. The molecule has 0 aliphatic carbocycles. The molecule has 6 heteroatoms. The molecule has 1 rings (SSSR count). The molecule has 0 spiro atoms. The number of methoxy groups -OCH3 is 1. The fourth-order valence-corrected chi connectivity index (χ4v) is 2.04. The van der Waals surface area contributed by atoms with Crippen LogP contribution in [0.4, 0.5) is 17.6 Å². The molecule has 0 aromatic heterocycles. The molecule has 1 unspecified atom stereocenters. The zero-order chi connectivity index (χ0) is 15.2. The molecule has 0 saturated heterocycles. The monoisotopic (exact) mass is 293 g/mol. The molecule has 2 nitrogen and oxygen atoms in total. The molecule has 0 heterocycles. The molecule has 1 aromatic rings. The highest BCUT2D eigenvalue weighted by atomic mass is 19.4. The van der Waals surface area contributed by atoms with Gasteiger partial charge in [-0.25, -0.2) is 4.39 Å². The lowest BCUT2D eigenvalue weighted by Crippen LogP contribution is -2.21. The van der Waals surface area contributed by atoms with Crippen LogP contribution in [0.5, 0.6) is 5.75 Å². The number of benzene rings is 1. The van der Waals surface area contributed by atoms with E-state index in [1.54, 1.807) is 6.07 Å². The third kappa shape index (κ3) is 5.36. The molecule has 0 fully saturated rings. The van der Waals surface area contributed by atoms with Crippen LogP contribution in [-0.4, -0.2) is 19.8 Å². The maximum absolute atomic E-state index is 13.6. The Morgan fingerprint density at radius 3 is 2.50 bits per heavy atom. The quantitative estimate of drug-likeness (QED) is 0.760. The molecule has 20 heavy (non-hydrogen) atoms. The van der Waals surface area contributed by atoms with Crippen LogP contribution in [0.1, 0.15) is 37.8 Å². The van der Waals surface area contributed by atoms with Gasteiger partial charge in [0.15, 0.2) is 11.6 Å². The van der Waals surface area contributed by atoms with Gasteiger partial charge in [0.05, 0.1) is 7.11 Å². The lowest BCUT2D eigenvalue weighted by molar-refractivity contribution is -0.135. The van der Waals surface area contributed by atoms with Crippen molar-refractivity contribution >= 4 is 0 Å². The minimum Gasteiger partial charge on any atom is -0.494 e. The number of ether oxygens (including phenoxy) is 1. The van der Waals surface area contributed by atoms with E-state index in [0.717, 1.165) is 0 Å². The summed E-state index contributed by atoms with van der Waals surface area (Å²) < 4.78 is 54.9. The molecule has 0 bridgehead atoms. The smallest absolute Gasteiger partial charge is 0.389 e. The fourth-order valence-electron chi connectivity index (χ4n) is 2.04. The predicted octanol–water partition coefficient (Wildman–Crippen LogP) is 4.22. The Balaban J connectivity index is 2.72. The Bertz CT molecular complexity index is 420. The van der Waals surface area contributed by atoms with Gasteiger partial charge in [-0.1, -0.05) is 13.0 Å². The van der Waals surface area contributed by atoms with Crippen molar-refractivity contribution in [2.45, 2.75) is 38.4 Å². The van der Waals surface area contributed by atoms with E-state index in [1.165, 1.54) is 19.2 Å². The standard InChI is InChI=1S/C14H19F4NO/c1-3-19-12(5-4-8-14(16,17)18)10-6-7-13(20-2)11(15)9-10/h6-7,9,12,19H,3-5,8H2,1-2H3. The Morgan fingerprint density at radius 2 is 2.00 bits per heavy atom. The first kappa shape index (κ1) is 16.8. The summed E-state index contributed by atoms with van der Waals surface area (Å²) in [6, 6.07) is 4.17. The van der Waals surface area contributed by atoms with Crippen molar-refractivity contribution in [1.82, 2.24) is 5.32 Å².